The van der Waals surface area contributed by atoms with Crippen LogP contribution in [0.5, 0.6) is 0 Å². The zero-order chi connectivity index (χ0) is 8.78. The number of nitrogens with zero attached hydrogens (tertiary/aromatic N) is 1. The zero-order valence-electron chi connectivity index (χ0n) is 5.55. The van der Waals surface area contributed by atoms with E-state index in [0.29, 0.717) is 0 Å². The fraction of sp³-hybridized carbons (Fsp3) is 0.667. The normalized spacial score (nSPS) is 8.36. The van der Waals surface area contributed by atoms with Crippen LogP contribution in [0.15, 0.2) is 0 Å². The van der Waals surface area contributed by atoms with Crippen molar-refractivity contribution in [2.45, 2.75) is 0 Å². The first-order valence-electron chi connectivity index (χ1n) is 2.09. The monoisotopic (exact) mass is 195 g/mol. The molecular formula is C3H10NNaO5S. The van der Waals surface area contributed by atoms with E-state index in [1.165, 1.54) is 4.90 Å². The molecule has 64 valence electrons. The van der Waals surface area contributed by atoms with Crippen molar-refractivity contribution in [3.63, 3.8) is 0 Å². The SMILES string of the molecule is CN(C)C=O.O=S(=O)(O)O.[NaH]. The summed E-state index contributed by atoms with van der Waals surface area (Å²) >= 11 is 0. The van der Waals surface area contributed by atoms with Crippen LogP contribution in [0.4, 0.5) is 0 Å². The summed E-state index contributed by atoms with van der Waals surface area (Å²) in [5.41, 5.74) is 0. The Morgan fingerprint density at radius 1 is 1.27 bits per heavy atom. The first kappa shape index (κ1) is 17.4. The van der Waals surface area contributed by atoms with E-state index >= 15 is 0 Å². The van der Waals surface area contributed by atoms with Gasteiger partial charge in [-0.05, 0) is 0 Å². The van der Waals surface area contributed by atoms with Crippen molar-refractivity contribution in [3.8, 4) is 0 Å². The minimum atomic E-state index is -4.67. The van der Waals surface area contributed by atoms with E-state index in [1.807, 2.05) is 0 Å². The van der Waals surface area contributed by atoms with Crippen molar-refractivity contribution in [2.75, 3.05) is 14.1 Å². The van der Waals surface area contributed by atoms with Crippen LogP contribution in [0.2, 0.25) is 0 Å². The van der Waals surface area contributed by atoms with Crippen LogP contribution in [-0.2, 0) is 15.2 Å². The van der Waals surface area contributed by atoms with Crippen molar-refractivity contribution in [1.29, 1.82) is 0 Å². The predicted molar refractivity (Wildman–Crippen MR) is 41.1 cm³/mol. The van der Waals surface area contributed by atoms with Gasteiger partial charge >= 0.3 is 40.0 Å². The maximum atomic E-state index is 9.43. The molecule has 0 unspecified atom stereocenters. The molecule has 8 heteroatoms. The Morgan fingerprint density at radius 3 is 1.36 bits per heavy atom. The third-order valence-electron chi connectivity index (χ3n) is 0.211. The fourth-order valence-corrected chi connectivity index (χ4v) is 0. The second kappa shape index (κ2) is 8.44. The Morgan fingerprint density at radius 2 is 1.36 bits per heavy atom. The molecule has 0 aliphatic carbocycles. The van der Waals surface area contributed by atoms with Crippen LogP contribution in [0.3, 0.4) is 0 Å². The van der Waals surface area contributed by atoms with Crippen molar-refractivity contribution in [3.05, 3.63) is 0 Å². The Bertz CT molecular complexity index is 168. The van der Waals surface area contributed by atoms with Gasteiger partial charge in [-0.3, -0.25) is 13.9 Å². The van der Waals surface area contributed by atoms with Gasteiger partial charge in [-0.1, -0.05) is 0 Å². The summed E-state index contributed by atoms with van der Waals surface area (Å²) in [5, 5.41) is 0. The van der Waals surface area contributed by atoms with Crippen LogP contribution in [0.1, 0.15) is 0 Å². The van der Waals surface area contributed by atoms with Crippen LogP contribution < -0.4 is 0 Å². The number of carbonyl (C=O) groups excluding carboxylic acids is 1. The van der Waals surface area contributed by atoms with Gasteiger partial charge in [-0.15, -0.1) is 0 Å². The van der Waals surface area contributed by atoms with E-state index in [4.69, 9.17) is 17.5 Å². The second-order valence-electron chi connectivity index (χ2n) is 1.52. The third-order valence-corrected chi connectivity index (χ3v) is 0.211. The Balaban J connectivity index is -0.000000107. The standard InChI is InChI=1S/C3H7NO.Na.H2O4S.H/c1-4(2)3-5;;1-5(2,3)4;/h3H,1-2H3;;(H2,1,2,3,4);. The van der Waals surface area contributed by atoms with Crippen LogP contribution in [-0.4, -0.2) is 72.5 Å². The van der Waals surface area contributed by atoms with Gasteiger partial charge in [0, 0.05) is 14.1 Å². The van der Waals surface area contributed by atoms with Crippen molar-refractivity contribution in [2.24, 2.45) is 0 Å². The first-order chi connectivity index (χ1) is 4.27. The first-order valence-corrected chi connectivity index (χ1v) is 3.48. The summed E-state index contributed by atoms with van der Waals surface area (Å²) < 4.78 is 31.6. The number of carbonyl (C=O) groups is 1. The topological polar surface area (TPSA) is 94.9 Å². The molecule has 0 aromatic carbocycles. The quantitative estimate of drug-likeness (QED) is 0.298. The second-order valence-corrected chi connectivity index (χ2v) is 2.41. The van der Waals surface area contributed by atoms with E-state index in [2.05, 4.69) is 0 Å². The molecule has 0 bridgehead atoms. The van der Waals surface area contributed by atoms with Crippen LogP contribution in [0, 0.1) is 0 Å². The molecule has 0 saturated carbocycles. The molecular weight excluding hydrogens is 185 g/mol. The Kier molecular flexibility index (Phi) is 13.4. The van der Waals surface area contributed by atoms with E-state index < -0.39 is 10.4 Å². The van der Waals surface area contributed by atoms with Gasteiger partial charge in [0.15, 0.2) is 0 Å². The molecule has 1 amide bonds. The van der Waals surface area contributed by atoms with Crippen molar-refractivity contribution >= 4 is 46.4 Å². The number of amides is 1. The maximum absolute atomic E-state index is 9.43. The predicted octanol–water partition coefficient (Wildman–Crippen LogP) is -1.60. The zero-order valence-corrected chi connectivity index (χ0v) is 6.37. The molecule has 0 heterocycles. The molecule has 0 radical (unpaired) electrons. The van der Waals surface area contributed by atoms with E-state index in [-0.39, 0.29) is 29.6 Å². The molecule has 0 saturated heterocycles. The summed E-state index contributed by atoms with van der Waals surface area (Å²) in [7, 11) is -1.29. The summed E-state index contributed by atoms with van der Waals surface area (Å²) in [6.45, 7) is 0. The van der Waals surface area contributed by atoms with Crippen LogP contribution >= 0.6 is 0 Å². The molecule has 0 fully saturated rings. The van der Waals surface area contributed by atoms with Gasteiger partial charge in [-0.25, -0.2) is 0 Å². The van der Waals surface area contributed by atoms with Gasteiger partial charge in [0.1, 0.15) is 0 Å². The Labute approximate surface area is 87.4 Å². The third kappa shape index (κ3) is 131. The minimum absolute atomic E-state index is 0. The molecule has 0 spiro atoms. The molecule has 0 aromatic heterocycles. The van der Waals surface area contributed by atoms with E-state index in [1.54, 1.807) is 14.1 Å². The molecule has 11 heavy (non-hydrogen) atoms. The van der Waals surface area contributed by atoms with Crippen LogP contribution in [0.25, 0.3) is 0 Å². The van der Waals surface area contributed by atoms with Gasteiger partial charge in [0.2, 0.25) is 6.41 Å². The van der Waals surface area contributed by atoms with Gasteiger partial charge in [0.25, 0.3) is 0 Å². The fourth-order valence-electron chi connectivity index (χ4n) is 0. The Hall–Kier alpha value is 0.340. The molecule has 0 rings (SSSR count). The molecule has 6 nitrogen and oxygen atoms in total. The number of rotatable bonds is 1. The van der Waals surface area contributed by atoms with E-state index in [9.17, 15) is 4.79 Å². The molecule has 2 N–H and O–H groups in total. The van der Waals surface area contributed by atoms with Gasteiger partial charge < -0.3 is 4.90 Å². The number of hydrogen-bond donors (Lipinski definition) is 2. The van der Waals surface area contributed by atoms with Crippen molar-refractivity contribution in [1.82, 2.24) is 4.90 Å². The summed E-state index contributed by atoms with van der Waals surface area (Å²) in [4.78, 5) is 10.9. The van der Waals surface area contributed by atoms with Gasteiger partial charge in [-0.2, -0.15) is 8.42 Å². The van der Waals surface area contributed by atoms with Crippen molar-refractivity contribution < 1.29 is 22.3 Å². The summed E-state index contributed by atoms with van der Waals surface area (Å²) in [6, 6.07) is 0. The van der Waals surface area contributed by atoms with E-state index in [0.717, 1.165) is 6.41 Å². The van der Waals surface area contributed by atoms with Gasteiger partial charge in [0.05, 0.1) is 0 Å². The molecule has 0 aliphatic heterocycles. The number of hydrogen-bond acceptors (Lipinski definition) is 3. The molecule has 0 aliphatic rings. The summed E-state index contributed by atoms with van der Waals surface area (Å²) in [6.07, 6.45) is 0.750. The summed E-state index contributed by atoms with van der Waals surface area (Å²) in [5.74, 6) is 0. The average Bonchev–Trinajstić information content (AvgIpc) is 1.61. The molecule has 0 aromatic rings. The molecule has 0 atom stereocenters. The average molecular weight is 195 g/mol.